The Balaban J connectivity index is 1.77. The van der Waals surface area contributed by atoms with Gasteiger partial charge in [0, 0.05) is 11.9 Å². The number of halogens is 1. The summed E-state index contributed by atoms with van der Waals surface area (Å²) in [6, 6.07) is 13.8. The molecule has 0 spiro atoms. The van der Waals surface area contributed by atoms with Crippen LogP contribution >= 0.6 is 11.6 Å². The largest absolute Gasteiger partial charge is 0.495 e. The predicted molar refractivity (Wildman–Crippen MR) is 104 cm³/mol. The molecule has 3 rings (SSSR count). The van der Waals surface area contributed by atoms with Crippen molar-refractivity contribution in [1.29, 1.82) is 0 Å². The summed E-state index contributed by atoms with van der Waals surface area (Å²) >= 11 is 6.11. The fourth-order valence-electron chi connectivity index (χ4n) is 2.35. The third-order valence-corrected chi connectivity index (χ3v) is 3.95. The van der Waals surface area contributed by atoms with Gasteiger partial charge in [-0.25, -0.2) is 9.97 Å². The van der Waals surface area contributed by atoms with Crippen molar-refractivity contribution in [1.82, 2.24) is 9.97 Å². The summed E-state index contributed by atoms with van der Waals surface area (Å²) < 4.78 is 10.4. The minimum Gasteiger partial charge on any atom is -0.495 e. The Morgan fingerprint density at radius 3 is 2.56 bits per heavy atom. The van der Waals surface area contributed by atoms with Gasteiger partial charge in [0.15, 0.2) is 0 Å². The number of hydrogen-bond acceptors (Lipinski definition) is 6. The van der Waals surface area contributed by atoms with E-state index in [9.17, 15) is 4.79 Å². The molecule has 0 radical (unpaired) electrons. The number of carbonyl (C=O) groups excluding carboxylic acids is 1. The zero-order chi connectivity index (χ0) is 19.2. The number of methoxy groups -OCH3 is 2. The van der Waals surface area contributed by atoms with E-state index in [1.165, 1.54) is 19.4 Å². The topological polar surface area (TPSA) is 85.4 Å². The summed E-state index contributed by atoms with van der Waals surface area (Å²) in [5.74, 6) is 1.01. The van der Waals surface area contributed by atoms with Gasteiger partial charge in [0.2, 0.25) is 5.95 Å². The van der Waals surface area contributed by atoms with Gasteiger partial charge in [0.25, 0.3) is 5.91 Å². The lowest BCUT2D eigenvalue weighted by atomic mass is 10.2. The number of nitrogens with zero attached hydrogens (tertiary/aromatic N) is 2. The summed E-state index contributed by atoms with van der Waals surface area (Å²) in [6.07, 6.45) is 1.50. The third-order valence-electron chi connectivity index (χ3n) is 3.65. The monoisotopic (exact) mass is 384 g/mol. The van der Waals surface area contributed by atoms with Crippen LogP contribution in [-0.4, -0.2) is 30.1 Å². The van der Waals surface area contributed by atoms with Crippen LogP contribution in [0.25, 0.3) is 0 Å². The molecule has 27 heavy (non-hydrogen) atoms. The molecule has 0 aliphatic rings. The Kier molecular flexibility index (Phi) is 5.73. The van der Waals surface area contributed by atoms with Gasteiger partial charge in [-0.2, -0.15) is 0 Å². The average molecular weight is 385 g/mol. The van der Waals surface area contributed by atoms with Crippen LogP contribution in [0, 0.1) is 0 Å². The Labute approximate surface area is 161 Å². The molecule has 0 unspecified atom stereocenters. The van der Waals surface area contributed by atoms with Crippen LogP contribution in [0.5, 0.6) is 11.5 Å². The van der Waals surface area contributed by atoms with Gasteiger partial charge in [-0.05, 0) is 36.4 Å². The Hall–Kier alpha value is -3.32. The highest BCUT2D eigenvalue weighted by Crippen LogP contribution is 2.28. The van der Waals surface area contributed by atoms with E-state index in [4.69, 9.17) is 21.1 Å². The number of para-hydroxylation sites is 2. The molecule has 0 aliphatic heterocycles. The summed E-state index contributed by atoms with van der Waals surface area (Å²) in [5.41, 5.74) is 1.43. The second-order valence-electron chi connectivity index (χ2n) is 5.39. The van der Waals surface area contributed by atoms with Crippen molar-refractivity contribution >= 4 is 34.8 Å². The van der Waals surface area contributed by atoms with Crippen molar-refractivity contribution < 1.29 is 14.3 Å². The minimum absolute atomic E-state index is 0.206. The highest BCUT2D eigenvalue weighted by molar-refractivity contribution is 6.32. The maximum absolute atomic E-state index is 12.5. The molecular formula is C19H17ClN4O3. The lowest BCUT2D eigenvalue weighted by molar-refractivity contribution is 0.102. The van der Waals surface area contributed by atoms with Crippen LogP contribution in [0.2, 0.25) is 5.02 Å². The number of carbonyl (C=O) groups is 1. The molecule has 0 fully saturated rings. The molecule has 1 aromatic heterocycles. The number of nitrogens with one attached hydrogen (secondary N) is 2. The van der Waals surface area contributed by atoms with Crippen LogP contribution in [0.4, 0.5) is 17.3 Å². The number of ether oxygens (including phenoxy) is 2. The van der Waals surface area contributed by atoms with Crippen LogP contribution in [0.1, 0.15) is 10.5 Å². The Morgan fingerprint density at radius 2 is 1.81 bits per heavy atom. The van der Waals surface area contributed by atoms with Gasteiger partial charge in [0.1, 0.15) is 17.2 Å². The highest BCUT2D eigenvalue weighted by Gasteiger charge is 2.12. The van der Waals surface area contributed by atoms with E-state index in [-0.39, 0.29) is 17.5 Å². The second-order valence-corrected chi connectivity index (χ2v) is 5.80. The van der Waals surface area contributed by atoms with Crippen molar-refractivity contribution in [3.8, 4) is 11.5 Å². The molecular weight excluding hydrogens is 368 g/mol. The van der Waals surface area contributed by atoms with Gasteiger partial charge in [0.05, 0.1) is 24.9 Å². The van der Waals surface area contributed by atoms with Crippen molar-refractivity contribution in [3.05, 3.63) is 65.4 Å². The molecule has 2 N–H and O–H groups in total. The lowest BCUT2D eigenvalue weighted by Gasteiger charge is -2.10. The number of benzene rings is 2. The maximum Gasteiger partial charge on any atom is 0.274 e. The normalized spacial score (nSPS) is 10.2. The number of rotatable bonds is 6. The second kappa shape index (κ2) is 8.37. The molecule has 8 heteroatoms. The molecule has 0 atom stereocenters. The number of amides is 1. The van der Waals surface area contributed by atoms with E-state index in [0.717, 1.165) is 0 Å². The fourth-order valence-corrected chi connectivity index (χ4v) is 2.61. The molecule has 3 aromatic rings. The first-order chi connectivity index (χ1) is 13.1. The van der Waals surface area contributed by atoms with Gasteiger partial charge in [-0.1, -0.05) is 23.7 Å². The van der Waals surface area contributed by atoms with E-state index in [1.54, 1.807) is 43.5 Å². The number of anilines is 3. The van der Waals surface area contributed by atoms with Crippen LogP contribution in [0.3, 0.4) is 0 Å². The standard InChI is InChI=1S/C19H17ClN4O3/c1-26-16-8-7-12(11-13(16)20)22-19-21-10-9-15(24-19)18(25)23-14-5-3-4-6-17(14)27-2/h3-11H,1-2H3,(H,23,25)(H,21,22,24). The Bertz CT molecular complexity index is 965. The summed E-state index contributed by atoms with van der Waals surface area (Å²) in [4.78, 5) is 20.9. The average Bonchev–Trinajstić information content (AvgIpc) is 2.69. The van der Waals surface area contributed by atoms with E-state index in [2.05, 4.69) is 20.6 Å². The molecule has 138 valence electrons. The molecule has 2 aromatic carbocycles. The quantitative estimate of drug-likeness (QED) is 0.664. The van der Waals surface area contributed by atoms with Crippen LogP contribution in [-0.2, 0) is 0 Å². The van der Waals surface area contributed by atoms with Crippen molar-refractivity contribution in [2.45, 2.75) is 0 Å². The first kappa shape index (κ1) is 18.5. The van der Waals surface area contributed by atoms with E-state index in [0.29, 0.717) is 27.9 Å². The molecule has 0 aliphatic carbocycles. The minimum atomic E-state index is -0.377. The zero-order valence-electron chi connectivity index (χ0n) is 14.7. The van der Waals surface area contributed by atoms with E-state index < -0.39 is 0 Å². The van der Waals surface area contributed by atoms with Crippen molar-refractivity contribution in [3.63, 3.8) is 0 Å². The smallest absolute Gasteiger partial charge is 0.274 e. The highest BCUT2D eigenvalue weighted by atomic mass is 35.5. The van der Waals surface area contributed by atoms with Crippen molar-refractivity contribution in [2.24, 2.45) is 0 Å². The Morgan fingerprint density at radius 1 is 1.04 bits per heavy atom. The first-order valence-electron chi connectivity index (χ1n) is 7.98. The van der Waals surface area contributed by atoms with Crippen LogP contribution < -0.4 is 20.1 Å². The summed E-state index contributed by atoms with van der Waals surface area (Å²) in [7, 11) is 3.08. The third kappa shape index (κ3) is 4.45. The fraction of sp³-hybridized carbons (Fsp3) is 0.105. The van der Waals surface area contributed by atoms with Crippen LogP contribution in [0.15, 0.2) is 54.7 Å². The molecule has 0 saturated carbocycles. The molecule has 1 heterocycles. The SMILES string of the molecule is COc1ccc(Nc2nccc(C(=O)Nc3ccccc3OC)n2)cc1Cl. The van der Waals surface area contributed by atoms with E-state index in [1.807, 2.05) is 6.07 Å². The molecule has 0 bridgehead atoms. The maximum atomic E-state index is 12.5. The number of hydrogen-bond donors (Lipinski definition) is 2. The van der Waals surface area contributed by atoms with Gasteiger partial charge < -0.3 is 20.1 Å². The van der Waals surface area contributed by atoms with Crippen molar-refractivity contribution in [2.75, 3.05) is 24.9 Å². The molecule has 1 amide bonds. The number of aromatic nitrogens is 2. The molecule has 0 saturated heterocycles. The summed E-state index contributed by atoms with van der Waals surface area (Å²) in [5, 5.41) is 6.24. The van der Waals surface area contributed by atoms with E-state index >= 15 is 0 Å². The van der Waals surface area contributed by atoms with Gasteiger partial charge in [-0.3, -0.25) is 4.79 Å². The van der Waals surface area contributed by atoms with Gasteiger partial charge >= 0.3 is 0 Å². The predicted octanol–water partition coefficient (Wildman–Crippen LogP) is 4.14. The molecule has 7 nitrogen and oxygen atoms in total. The first-order valence-corrected chi connectivity index (χ1v) is 8.36. The lowest BCUT2D eigenvalue weighted by Crippen LogP contribution is -2.15. The summed E-state index contributed by atoms with van der Waals surface area (Å²) in [6.45, 7) is 0. The van der Waals surface area contributed by atoms with Gasteiger partial charge in [-0.15, -0.1) is 0 Å². The zero-order valence-corrected chi connectivity index (χ0v) is 15.4.